The molecule has 1 aromatic rings. The van der Waals surface area contributed by atoms with Crippen LogP contribution in [0.2, 0.25) is 0 Å². The average Bonchev–Trinajstić information content (AvgIpc) is 2.19. The molecule has 1 rings (SSSR count). The van der Waals surface area contributed by atoms with Gasteiger partial charge in [0.25, 0.3) is 0 Å². The van der Waals surface area contributed by atoms with E-state index in [9.17, 15) is 0 Å². The fourth-order valence-electron chi connectivity index (χ4n) is 0.989. The van der Waals surface area contributed by atoms with Gasteiger partial charge >= 0.3 is 0 Å². The summed E-state index contributed by atoms with van der Waals surface area (Å²) in [7, 11) is 1.54. The van der Waals surface area contributed by atoms with Gasteiger partial charge in [0.2, 0.25) is 0 Å². The van der Waals surface area contributed by atoms with Gasteiger partial charge < -0.3 is 10.2 Å². The number of hydrogen-bond donors (Lipinski definition) is 1. The fourth-order valence-corrected chi connectivity index (χ4v) is 0.989. The van der Waals surface area contributed by atoms with Crippen LogP contribution in [0.3, 0.4) is 0 Å². The molecule has 0 aliphatic rings. The van der Waals surface area contributed by atoms with Gasteiger partial charge in [-0.25, -0.2) is 0 Å². The second-order valence-corrected chi connectivity index (χ2v) is 2.59. The zero-order chi connectivity index (χ0) is 9.36. The van der Waals surface area contributed by atoms with Crippen LogP contribution in [0, 0.1) is 0 Å². The summed E-state index contributed by atoms with van der Waals surface area (Å²) in [5.41, 5.74) is 1.27. The van der Waals surface area contributed by atoms with Gasteiger partial charge in [0.1, 0.15) is 7.11 Å². The van der Waals surface area contributed by atoms with Crippen molar-refractivity contribution in [2.45, 2.75) is 6.54 Å². The van der Waals surface area contributed by atoms with Crippen LogP contribution in [0.4, 0.5) is 0 Å². The summed E-state index contributed by atoms with van der Waals surface area (Å²) in [4.78, 5) is 4.52. The highest BCUT2D eigenvalue weighted by Crippen LogP contribution is 1.96. The van der Waals surface area contributed by atoms with E-state index in [1.54, 1.807) is 6.21 Å². The van der Waals surface area contributed by atoms with Gasteiger partial charge in [0, 0.05) is 13.1 Å². The highest BCUT2D eigenvalue weighted by atomic mass is 16.6. The summed E-state index contributed by atoms with van der Waals surface area (Å²) in [6.45, 7) is 1.58. The summed E-state index contributed by atoms with van der Waals surface area (Å²) in [6, 6.07) is 10.2. The van der Waals surface area contributed by atoms with Crippen molar-refractivity contribution in [3.05, 3.63) is 35.9 Å². The van der Waals surface area contributed by atoms with E-state index >= 15 is 0 Å². The average molecular weight is 178 g/mol. The molecule has 3 heteroatoms. The number of benzene rings is 1. The molecule has 0 aromatic heterocycles. The fraction of sp³-hybridized carbons (Fsp3) is 0.300. The molecule has 0 fully saturated rings. The van der Waals surface area contributed by atoms with Crippen LogP contribution in [0.25, 0.3) is 0 Å². The van der Waals surface area contributed by atoms with Crippen LogP contribution >= 0.6 is 0 Å². The van der Waals surface area contributed by atoms with Crippen LogP contribution in [0.15, 0.2) is 35.5 Å². The van der Waals surface area contributed by atoms with E-state index < -0.39 is 0 Å². The molecule has 0 amide bonds. The second kappa shape index (κ2) is 6.20. The van der Waals surface area contributed by atoms with E-state index in [4.69, 9.17) is 0 Å². The topological polar surface area (TPSA) is 33.6 Å². The molecule has 13 heavy (non-hydrogen) atoms. The van der Waals surface area contributed by atoms with Gasteiger partial charge in [-0.2, -0.15) is 0 Å². The summed E-state index contributed by atoms with van der Waals surface area (Å²) >= 11 is 0. The summed E-state index contributed by atoms with van der Waals surface area (Å²) < 4.78 is 0. The molecule has 0 heterocycles. The molecular formula is C10H14N2O. The van der Waals surface area contributed by atoms with Crippen molar-refractivity contribution >= 4 is 6.21 Å². The van der Waals surface area contributed by atoms with Crippen molar-refractivity contribution in [1.29, 1.82) is 0 Å². The zero-order valence-electron chi connectivity index (χ0n) is 7.73. The lowest BCUT2D eigenvalue weighted by Gasteiger charge is -2.00. The Morgan fingerprint density at radius 1 is 1.38 bits per heavy atom. The molecule has 0 radical (unpaired) electrons. The molecule has 0 saturated carbocycles. The minimum absolute atomic E-state index is 0.725. The SMILES string of the molecule is CO/N=C/CNCc1ccccc1. The first-order valence-corrected chi connectivity index (χ1v) is 4.23. The number of rotatable bonds is 5. The Bertz CT molecular complexity index is 246. The monoisotopic (exact) mass is 178 g/mol. The Morgan fingerprint density at radius 3 is 2.85 bits per heavy atom. The van der Waals surface area contributed by atoms with E-state index in [0.29, 0.717) is 0 Å². The van der Waals surface area contributed by atoms with Gasteiger partial charge in [0.15, 0.2) is 0 Å². The van der Waals surface area contributed by atoms with Gasteiger partial charge in [-0.1, -0.05) is 35.5 Å². The molecule has 1 aromatic carbocycles. The van der Waals surface area contributed by atoms with Crippen LogP contribution < -0.4 is 5.32 Å². The largest absolute Gasteiger partial charge is 0.399 e. The first kappa shape index (κ1) is 9.74. The third-order valence-corrected chi connectivity index (χ3v) is 1.59. The molecule has 0 atom stereocenters. The van der Waals surface area contributed by atoms with Gasteiger partial charge in [-0.05, 0) is 5.56 Å². The van der Waals surface area contributed by atoms with E-state index in [2.05, 4.69) is 27.4 Å². The van der Waals surface area contributed by atoms with Crippen molar-refractivity contribution in [3.8, 4) is 0 Å². The van der Waals surface area contributed by atoms with Crippen LogP contribution in [-0.2, 0) is 11.4 Å². The van der Waals surface area contributed by atoms with Crippen molar-refractivity contribution in [3.63, 3.8) is 0 Å². The van der Waals surface area contributed by atoms with E-state index in [0.717, 1.165) is 13.1 Å². The Morgan fingerprint density at radius 2 is 2.15 bits per heavy atom. The quantitative estimate of drug-likeness (QED) is 0.420. The molecule has 0 spiro atoms. The lowest BCUT2D eigenvalue weighted by molar-refractivity contribution is 0.214. The Balaban J connectivity index is 2.17. The van der Waals surface area contributed by atoms with Crippen LogP contribution in [0.1, 0.15) is 5.56 Å². The Labute approximate surface area is 78.4 Å². The maximum atomic E-state index is 4.52. The van der Waals surface area contributed by atoms with Crippen LogP contribution in [-0.4, -0.2) is 19.9 Å². The van der Waals surface area contributed by atoms with Gasteiger partial charge in [0.05, 0.1) is 6.21 Å². The predicted molar refractivity (Wildman–Crippen MR) is 53.6 cm³/mol. The zero-order valence-corrected chi connectivity index (χ0v) is 7.73. The summed E-state index contributed by atoms with van der Waals surface area (Å²) in [6.07, 6.45) is 1.70. The molecule has 3 nitrogen and oxygen atoms in total. The van der Waals surface area contributed by atoms with Gasteiger partial charge in [-0.15, -0.1) is 0 Å². The maximum Gasteiger partial charge on any atom is 0.106 e. The molecule has 0 saturated heterocycles. The number of nitrogens with one attached hydrogen (secondary N) is 1. The third kappa shape index (κ3) is 4.28. The van der Waals surface area contributed by atoms with Crippen molar-refractivity contribution in [2.24, 2.45) is 5.16 Å². The summed E-state index contributed by atoms with van der Waals surface area (Å²) in [5.74, 6) is 0. The van der Waals surface area contributed by atoms with Gasteiger partial charge in [-0.3, -0.25) is 0 Å². The highest BCUT2D eigenvalue weighted by molar-refractivity contribution is 5.58. The maximum absolute atomic E-state index is 4.52. The molecule has 70 valence electrons. The third-order valence-electron chi connectivity index (χ3n) is 1.59. The normalized spacial score (nSPS) is 10.5. The smallest absolute Gasteiger partial charge is 0.106 e. The number of hydrogen-bond acceptors (Lipinski definition) is 3. The standard InChI is InChI=1S/C10H14N2O/c1-13-12-8-7-11-9-10-5-3-2-4-6-10/h2-6,8,11H,7,9H2,1H3/b12-8+. The minimum Gasteiger partial charge on any atom is -0.399 e. The van der Waals surface area contributed by atoms with Crippen molar-refractivity contribution in [2.75, 3.05) is 13.7 Å². The van der Waals surface area contributed by atoms with E-state index in [1.807, 2.05) is 18.2 Å². The molecule has 0 unspecified atom stereocenters. The second-order valence-electron chi connectivity index (χ2n) is 2.59. The first-order valence-electron chi connectivity index (χ1n) is 4.23. The lowest BCUT2D eigenvalue weighted by atomic mass is 10.2. The highest BCUT2D eigenvalue weighted by Gasteiger charge is 1.87. The number of nitrogens with zero attached hydrogens (tertiary/aromatic N) is 1. The predicted octanol–water partition coefficient (Wildman–Crippen LogP) is 1.41. The van der Waals surface area contributed by atoms with E-state index in [-0.39, 0.29) is 0 Å². The Hall–Kier alpha value is -1.35. The molecule has 0 aliphatic heterocycles. The minimum atomic E-state index is 0.725. The van der Waals surface area contributed by atoms with Crippen LogP contribution in [0.5, 0.6) is 0 Å². The Kier molecular flexibility index (Phi) is 4.64. The molecular weight excluding hydrogens is 164 g/mol. The molecule has 0 bridgehead atoms. The van der Waals surface area contributed by atoms with Crippen molar-refractivity contribution in [1.82, 2.24) is 5.32 Å². The van der Waals surface area contributed by atoms with E-state index in [1.165, 1.54) is 12.7 Å². The molecule has 1 N–H and O–H groups in total. The number of oxime groups is 1. The lowest BCUT2D eigenvalue weighted by Crippen LogP contribution is -2.15. The summed E-state index contributed by atoms with van der Waals surface area (Å²) in [5, 5.41) is 6.82. The molecule has 0 aliphatic carbocycles. The first-order chi connectivity index (χ1) is 6.43. The van der Waals surface area contributed by atoms with Crippen molar-refractivity contribution < 1.29 is 4.84 Å².